The van der Waals surface area contributed by atoms with Crippen molar-refractivity contribution in [1.82, 2.24) is 10.6 Å². The average Bonchev–Trinajstić information content (AvgIpc) is 2.42. The second-order valence-electron chi connectivity index (χ2n) is 4.71. The first kappa shape index (κ1) is 15.6. The fourth-order valence-corrected chi connectivity index (χ4v) is 1.95. The molecule has 2 N–H and O–H groups in total. The Balaban J connectivity index is 2.44. The van der Waals surface area contributed by atoms with E-state index in [1.807, 2.05) is 20.8 Å². The lowest BCUT2D eigenvalue weighted by Gasteiger charge is -2.18. The zero-order valence-corrected chi connectivity index (χ0v) is 11.9. The highest BCUT2D eigenvalue weighted by Gasteiger charge is 2.12. The van der Waals surface area contributed by atoms with E-state index in [1.165, 1.54) is 6.07 Å². The number of nitrogens with one attached hydrogen (secondary N) is 2. The predicted molar refractivity (Wildman–Crippen MR) is 75.3 cm³/mol. The molecule has 0 saturated heterocycles. The van der Waals surface area contributed by atoms with Gasteiger partial charge in [0.25, 0.3) is 0 Å². The number of rotatable bonds is 7. The number of benzene rings is 1. The van der Waals surface area contributed by atoms with Gasteiger partial charge in [-0.05, 0) is 25.8 Å². The first-order chi connectivity index (χ1) is 9.08. The molecule has 0 heterocycles. The number of hydrogen-bond acceptors (Lipinski definition) is 2. The maximum atomic E-state index is 13.5. The molecular weight excluding hydrogens is 243 g/mol. The van der Waals surface area contributed by atoms with Gasteiger partial charge in [-0.3, -0.25) is 4.79 Å². The van der Waals surface area contributed by atoms with E-state index < -0.39 is 0 Å². The van der Waals surface area contributed by atoms with E-state index in [0.717, 1.165) is 12.8 Å². The first-order valence-corrected chi connectivity index (χ1v) is 6.85. The van der Waals surface area contributed by atoms with Crippen molar-refractivity contribution in [3.63, 3.8) is 0 Å². The van der Waals surface area contributed by atoms with Crippen molar-refractivity contribution >= 4 is 5.91 Å². The number of carbonyl (C=O) groups is 1. The Labute approximate surface area is 114 Å². The van der Waals surface area contributed by atoms with Crippen LogP contribution in [0, 0.1) is 5.82 Å². The van der Waals surface area contributed by atoms with Crippen molar-refractivity contribution in [1.29, 1.82) is 0 Å². The molecule has 3 nitrogen and oxygen atoms in total. The summed E-state index contributed by atoms with van der Waals surface area (Å²) in [5, 5.41) is 5.98. The van der Waals surface area contributed by atoms with Crippen LogP contribution in [0.25, 0.3) is 0 Å². The molecule has 1 rings (SSSR count). The lowest BCUT2D eigenvalue weighted by atomic mass is 10.1. The van der Waals surface area contributed by atoms with Crippen molar-refractivity contribution in [3.05, 3.63) is 35.6 Å². The summed E-state index contributed by atoms with van der Waals surface area (Å²) >= 11 is 0. The molecule has 0 saturated carbocycles. The molecule has 0 aromatic heterocycles. The lowest BCUT2D eigenvalue weighted by Crippen LogP contribution is -2.40. The normalized spacial score (nSPS) is 12.5. The molecular formula is C15H23FN2O. The standard InChI is InChI=1S/C15H23FN2O/c1-4-12(5-2)18-15(19)10-17-11(3)13-8-6-7-9-14(13)16/h6-9,11-12,17H,4-5,10H2,1-3H3,(H,18,19)/t11-/m1/s1. The third kappa shape index (κ3) is 4.99. The highest BCUT2D eigenvalue weighted by molar-refractivity contribution is 5.78. The number of amides is 1. The molecule has 1 amide bonds. The van der Waals surface area contributed by atoms with Gasteiger partial charge in [-0.15, -0.1) is 0 Å². The average molecular weight is 266 g/mol. The molecule has 1 aromatic carbocycles. The fraction of sp³-hybridized carbons (Fsp3) is 0.533. The molecule has 1 aromatic rings. The van der Waals surface area contributed by atoms with Gasteiger partial charge in [0, 0.05) is 17.6 Å². The van der Waals surface area contributed by atoms with Gasteiger partial charge in [0.2, 0.25) is 5.91 Å². The Kier molecular flexibility index (Phi) is 6.50. The summed E-state index contributed by atoms with van der Waals surface area (Å²) in [5.41, 5.74) is 0.581. The van der Waals surface area contributed by atoms with E-state index in [1.54, 1.807) is 18.2 Å². The van der Waals surface area contributed by atoms with Crippen LogP contribution in [-0.4, -0.2) is 18.5 Å². The maximum Gasteiger partial charge on any atom is 0.234 e. The summed E-state index contributed by atoms with van der Waals surface area (Å²) in [6.07, 6.45) is 1.84. The summed E-state index contributed by atoms with van der Waals surface area (Å²) in [6.45, 7) is 6.14. The number of carbonyl (C=O) groups excluding carboxylic acids is 1. The Morgan fingerprint density at radius 1 is 1.26 bits per heavy atom. The zero-order chi connectivity index (χ0) is 14.3. The monoisotopic (exact) mass is 266 g/mol. The number of hydrogen-bond donors (Lipinski definition) is 2. The van der Waals surface area contributed by atoms with Crippen LogP contribution in [0.2, 0.25) is 0 Å². The van der Waals surface area contributed by atoms with Gasteiger partial charge in [-0.25, -0.2) is 4.39 Å². The molecule has 1 atom stereocenters. The van der Waals surface area contributed by atoms with Crippen molar-refractivity contribution in [2.45, 2.75) is 45.7 Å². The van der Waals surface area contributed by atoms with Crippen LogP contribution in [0.1, 0.15) is 45.2 Å². The molecule has 0 spiro atoms. The van der Waals surface area contributed by atoms with Crippen LogP contribution >= 0.6 is 0 Å². The van der Waals surface area contributed by atoms with Crippen molar-refractivity contribution in [3.8, 4) is 0 Å². The van der Waals surface area contributed by atoms with E-state index >= 15 is 0 Å². The second kappa shape index (κ2) is 7.89. The first-order valence-electron chi connectivity index (χ1n) is 6.85. The SMILES string of the molecule is CCC(CC)NC(=O)CN[C@H](C)c1ccccc1F. The molecule has 106 valence electrons. The van der Waals surface area contributed by atoms with E-state index in [0.29, 0.717) is 5.56 Å². The highest BCUT2D eigenvalue weighted by atomic mass is 19.1. The molecule has 4 heteroatoms. The molecule has 19 heavy (non-hydrogen) atoms. The quantitative estimate of drug-likeness (QED) is 0.796. The van der Waals surface area contributed by atoms with Gasteiger partial charge in [-0.1, -0.05) is 32.0 Å². The predicted octanol–water partition coefficient (Wildman–Crippen LogP) is 2.78. The van der Waals surface area contributed by atoms with Gasteiger partial charge < -0.3 is 10.6 Å². The summed E-state index contributed by atoms with van der Waals surface area (Å²) in [7, 11) is 0. The van der Waals surface area contributed by atoms with Crippen molar-refractivity contribution in [2.24, 2.45) is 0 Å². The zero-order valence-electron chi connectivity index (χ0n) is 11.9. The van der Waals surface area contributed by atoms with Gasteiger partial charge in [0.1, 0.15) is 5.82 Å². The minimum Gasteiger partial charge on any atom is -0.352 e. The fourth-order valence-electron chi connectivity index (χ4n) is 1.95. The molecule has 0 bridgehead atoms. The van der Waals surface area contributed by atoms with E-state index in [-0.39, 0.29) is 30.4 Å². The molecule has 0 aliphatic carbocycles. The lowest BCUT2D eigenvalue weighted by molar-refractivity contribution is -0.121. The van der Waals surface area contributed by atoms with Crippen molar-refractivity contribution < 1.29 is 9.18 Å². The summed E-state index contributed by atoms with van der Waals surface area (Å²) in [6, 6.07) is 6.64. The Hall–Kier alpha value is -1.42. The Morgan fingerprint density at radius 3 is 2.47 bits per heavy atom. The highest BCUT2D eigenvalue weighted by Crippen LogP contribution is 2.15. The smallest absolute Gasteiger partial charge is 0.234 e. The van der Waals surface area contributed by atoms with Crippen LogP contribution < -0.4 is 10.6 Å². The Bertz CT molecular complexity index is 405. The third-order valence-corrected chi connectivity index (χ3v) is 3.29. The summed E-state index contributed by atoms with van der Waals surface area (Å²) in [5.74, 6) is -0.292. The second-order valence-corrected chi connectivity index (χ2v) is 4.71. The van der Waals surface area contributed by atoms with Crippen LogP contribution in [0.4, 0.5) is 4.39 Å². The number of halogens is 1. The molecule has 0 aliphatic rings. The van der Waals surface area contributed by atoms with Gasteiger partial charge >= 0.3 is 0 Å². The molecule has 0 aliphatic heterocycles. The third-order valence-electron chi connectivity index (χ3n) is 3.29. The van der Waals surface area contributed by atoms with Gasteiger partial charge in [-0.2, -0.15) is 0 Å². The topological polar surface area (TPSA) is 41.1 Å². The van der Waals surface area contributed by atoms with Gasteiger partial charge in [0.05, 0.1) is 6.54 Å². The molecule has 0 unspecified atom stereocenters. The van der Waals surface area contributed by atoms with Crippen LogP contribution in [0.5, 0.6) is 0 Å². The van der Waals surface area contributed by atoms with E-state index in [2.05, 4.69) is 10.6 Å². The molecule has 0 radical (unpaired) electrons. The van der Waals surface area contributed by atoms with Crippen LogP contribution in [0.3, 0.4) is 0 Å². The maximum absolute atomic E-state index is 13.5. The summed E-state index contributed by atoms with van der Waals surface area (Å²) in [4.78, 5) is 11.7. The van der Waals surface area contributed by atoms with E-state index in [9.17, 15) is 9.18 Å². The van der Waals surface area contributed by atoms with Crippen LogP contribution in [-0.2, 0) is 4.79 Å². The minimum absolute atomic E-state index is 0.0445. The molecule has 0 fully saturated rings. The van der Waals surface area contributed by atoms with Gasteiger partial charge in [0.15, 0.2) is 0 Å². The Morgan fingerprint density at radius 2 is 1.89 bits per heavy atom. The summed E-state index contributed by atoms with van der Waals surface area (Å²) < 4.78 is 13.5. The van der Waals surface area contributed by atoms with E-state index in [4.69, 9.17) is 0 Å². The minimum atomic E-state index is -0.247. The largest absolute Gasteiger partial charge is 0.352 e. The van der Waals surface area contributed by atoms with Crippen LogP contribution in [0.15, 0.2) is 24.3 Å². The van der Waals surface area contributed by atoms with Crippen molar-refractivity contribution in [2.75, 3.05) is 6.54 Å².